The van der Waals surface area contributed by atoms with Gasteiger partial charge in [-0.25, -0.2) is 0 Å². The van der Waals surface area contributed by atoms with Crippen LogP contribution in [0.3, 0.4) is 0 Å². The van der Waals surface area contributed by atoms with Gasteiger partial charge in [-0.2, -0.15) is 0 Å². The van der Waals surface area contributed by atoms with E-state index in [4.69, 9.17) is 5.11 Å². The van der Waals surface area contributed by atoms with E-state index in [0.29, 0.717) is 0 Å². The highest BCUT2D eigenvalue weighted by Gasteiger charge is 2.25. The number of rotatable bonds is 2. The van der Waals surface area contributed by atoms with Crippen LogP contribution in [0.15, 0.2) is 0 Å². The first-order valence-corrected chi connectivity index (χ1v) is 8.31. The third kappa shape index (κ3) is 6.34. The Morgan fingerprint density at radius 1 is 0.773 bits per heavy atom. The van der Waals surface area contributed by atoms with Crippen molar-refractivity contribution in [3.8, 4) is 0 Å². The van der Waals surface area contributed by atoms with Gasteiger partial charge < -0.3 is 14.6 Å². The molecule has 128 valence electrons. The van der Waals surface area contributed by atoms with Crippen molar-refractivity contribution >= 4 is 11.9 Å². The van der Waals surface area contributed by atoms with Gasteiger partial charge in [0.25, 0.3) is 0 Å². The third-order valence-corrected chi connectivity index (χ3v) is 4.78. The van der Waals surface area contributed by atoms with Gasteiger partial charge in [-0.05, 0) is 57.3 Å². The van der Waals surface area contributed by atoms with Crippen LogP contribution in [0.25, 0.3) is 0 Å². The van der Waals surface area contributed by atoms with Crippen molar-refractivity contribution in [3.05, 3.63) is 0 Å². The maximum Gasteiger partial charge on any atom is 0.308 e. The van der Waals surface area contributed by atoms with E-state index in [1.807, 2.05) is 0 Å². The van der Waals surface area contributed by atoms with Crippen LogP contribution in [0.2, 0.25) is 0 Å². The molecule has 2 aliphatic rings. The molecule has 0 spiro atoms. The Morgan fingerprint density at radius 3 is 1.50 bits per heavy atom. The van der Waals surface area contributed by atoms with Crippen LogP contribution in [-0.4, -0.2) is 37.4 Å². The zero-order chi connectivity index (χ0) is 16.5. The summed E-state index contributed by atoms with van der Waals surface area (Å²) in [7, 11) is 2.88. The minimum Gasteiger partial charge on any atom is -0.469 e. The number of carbonyl (C=O) groups excluding carboxylic acids is 2. The van der Waals surface area contributed by atoms with E-state index in [9.17, 15) is 9.59 Å². The molecule has 2 rings (SSSR count). The van der Waals surface area contributed by atoms with Gasteiger partial charge in [-0.3, -0.25) is 9.59 Å². The molecule has 0 atom stereocenters. The fourth-order valence-electron chi connectivity index (χ4n) is 3.14. The molecule has 2 fully saturated rings. The second-order valence-electron chi connectivity index (χ2n) is 6.51. The quantitative estimate of drug-likeness (QED) is 0.793. The Labute approximate surface area is 133 Å². The zero-order valence-corrected chi connectivity index (χ0v) is 14.0. The van der Waals surface area contributed by atoms with Gasteiger partial charge in [0.2, 0.25) is 0 Å². The lowest BCUT2D eigenvalue weighted by molar-refractivity contribution is -0.147. The van der Waals surface area contributed by atoms with Crippen LogP contribution in [0.5, 0.6) is 0 Å². The summed E-state index contributed by atoms with van der Waals surface area (Å²) in [6.07, 6.45) is 7.22. The second kappa shape index (κ2) is 9.82. The van der Waals surface area contributed by atoms with Gasteiger partial charge in [0.05, 0.1) is 32.2 Å². The maximum atomic E-state index is 11.1. The topological polar surface area (TPSA) is 72.8 Å². The van der Waals surface area contributed by atoms with E-state index in [2.05, 4.69) is 16.4 Å². The molecule has 2 aliphatic carbocycles. The van der Waals surface area contributed by atoms with Crippen molar-refractivity contribution in [2.75, 3.05) is 14.2 Å². The molecule has 0 aromatic carbocycles. The molecule has 0 aromatic rings. The van der Waals surface area contributed by atoms with Crippen molar-refractivity contribution in [1.29, 1.82) is 0 Å². The lowest BCUT2D eigenvalue weighted by Gasteiger charge is -2.23. The molecule has 2 saturated carbocycles. The summed E-state index contributed by atoms with van der Waals surface area (Å²) in [4.78, 5) is 22.0. The summed E-state index contributed by atoms with van der Waals surface area (Å²) in [6, 6.07) is 0. The maximum absolute atomic E-state index is 11.1. The first-order chi connectivity index (χ1) is 10.5. The number of esters is 2. The molecule has 5 nitrogen and oxygen atoms in total. The molecule has 0 aromatic heterocycles. The largest absolute Gasteiger partial charge is 0.469 e. The van der Waals surface area contributed by atoms with Gasteiger partial charge in [0.15, 0.2) is 0 Å². The van der Waals surface area contributed by atoms with Crippen LogP contribution in [-0.2, 0) is 19.1 Å². The summed E-state index contributed by atoms with van der Waals surface area (Å²) >= 11 is 0. The third-order valence-electron chi connectivity index (χ3n) is 4.78. The minimum absolute atomic E-state index is 0.0168. The van der Waals surface area contributed by atoms with E-state index < -0.39 is 0 Å². The first-order valence-electron chi connectivity index (χ1n) is 8.31. The SMILES string of the molecule is COC(=O)C1CCC(C)CC1.COC(=O)C1CCC(O)CC1. The number of methoxy groups -OCH3 is 2. The second-order valence-corrected chi connectivity index (χ2v) is 6.51. The Bertz CT molecular complexity index is 305. The van der Waals surface area contributed by atoms with Crippen molar-refractivity contribution in [3.63, 3.8) is 0 Å². The average molecular weight is 314 g/mol. The molecule has 0 amide bonds. The van der Waals surface area contributed by atoms with Gasteiger partial charge >= 0.3 is 11.9 Å². The molecular formula is C17H30O5. The molecule has 0 bridgehead atoms. The number of aliphatic hydroxyl groups excluding tert-OH is 1. The zero-order valence-electron chi connectivity index (χ0n) is 14.0. The first kappa shape index (κ1) is 18.9. The number of carbonyl (C=O) groups is 2. The highest BCUT2D eigenvalue weighted by Crippen LogP contribution is 2.28. The van der Waals surface area contributed by atoms with E-state index in [-0.39, 0.29) is 29.9 Å². The fourth-order valence-corrected chi connectivity index (χ4v) is 3.14. The molecule has 1 N–H and O–H groups in total. The standard InChI is InChI=1S/C9H16O2.C8H14O3/c1-7-3-5-8(6-4-7)9(10)11-2;1-11-8(10)6-2-4-7(9)5-3-6/h7-8H,3-6H2,1-2H3;6-7,9H,2-5H2,1H3. The summed E-state index contributed by atoms with van der Waals surface area (Å²) in [5.74, 6) is 0.879. The number of aliphatic hydroxyl groups is 1. The molecule has 0 unspecified atom stereocenters. The van der Waals surface area contributed by atoms with E-state index in [1.54, 1.807) is 0 Å². The van der Waals surface area contributed by atoms with Crippen LogP contribution >= 0.6 is 0 Å². The highest BCUT2D eigenvalue weighted by molar-refractivity contribution is 5.72. The fraction of sp³-hybridized carbons (Fsp3) is 0.882. The van der Waals surface area contributed by atoms with E-state index in [0.717, 1.165) is 44.4 Å². The summed E-state index contributed by atoms with van der Waals surface area (Å²) in [5.41, 5.74) is 0. The molecule has 5 heteroatoms. The van der Waals surface area contributed by atoms with Gasteiger partial charge in [0.1, 0.15) is 0 Å². The van der Waals surface area contributed by atoms with Crippen molar-refractivity contribution in [1.82, 2.24) is 0 Å². The predicted octanol–water partition coefficient (Wildman–Crippen LogP) is 2.70. The van der Waals surface area contributed by atoms with E-state index >= 15 is 0 Å². The van der Waals surface area contributed by atoms with E-state index in [1.165, 1.54) is 27.1 Å². The Kier molecular flexibility index (Phi) is 8.46. The Balaban J connectivity index is 0.000000220. The van der Waals surface area contributed by atoms with Crippen molar-refractivity contribution in [2.24, 2.45) is 17.8 Å². The van der Waals surface area contributed by atoms with Crippen LogP contribution in [0.1, 0.15) is 58.3 Å². The number of hydrogen-bond donors (Lipinski definition) is 1. The molecule has 0 saturated heterocycles. The Hall–Kier alpha value is -1.10. The van der Waals surface area contributed by atoms with Crippen molar-refractivity contribution in [2.45, 2.75) is 64.4 Å². The number of ether oxygens (including phenoxy) is 2. The molecule has 0 radical (unpaired) electrons. The monoisotopic (exact) mass is 314 g/mol. The predicted molar refractivity (Wildman–Crippen MR) is 83.1 cm³/mol. The minimum atomic E-state index is -0.198. The lowest BCUT2D eigenvalue weighted by atomic mass is 9.83. The van der Waals surface area contributed by atoms with Gasteiger partial charge in [-0.1, -0.05) is 6.92 Å². The van der Waals surface area contributed by atoms with Gasteiger partial charge in [-0.15, -0.1) is 0 Å². The van der Waals surface area contributed by atoms with Crippen LogP contribution in [0.4, 0.5) is 0 Å². The normalized spacial score (nSPS) is 31.5. The lowest BCUT2D eigenvalue weighted by Crippen LogP contribution is -2.24. The van der Waals surface area contributed by atoms with Crippen molar-refractivity contribution < 1.29 is 24.2 Å². The molecular weight excluding hydrogens is 284 g/mol. The molecule has 22 heavy (non-hydrogen) atoms. The van der Waals surface area contributed by atoms with Gasteiger partial charge in [0, 0.05) is 0 Å². The Morgan fingerprint density at radius 2 is 1.14 bits per heavy atom. The van der Waals surface area contributed by atoms with Crippen LogP contribution < -0.4 is 0 Å². The average Bonchev–Trinajstić information content (AvgIpc) is 2.55. The highest BCUT2D eigenvalue weighted by atomic mass is 16.5. The number of hydrogen-bond acceptors (Lipinski definition) is 5. The molecule has 0 aliphatic heterocycles. The van der Waals surface area contributed by atoms with Crippen LogP contribution in [0, 0.1) is 17.8 Å². The summed E-state index contributed by atoms with van der Waals surface area (Å²) < 4.78 is 9.29. The summed E-state index contributed by atoms with van der Waals surface area (Å²) in [5, 5.41) is 9.13. The smallest absolute Gasteiger partial charge is 0.308 e. The molecule has 0 heterocycles. The summed E-state index contributed by atoms with van der Waals surface area (Å²) in [6.45, 7) is 2.24.